The van der Waals surface area contributed by atoms with E-state index in [0.29, 0.717) is 13.0 Å². The smallest absolute Gasteiger partial charge is 0.250 e. The standard InChI is InChI=1S/C9H12FNO/c1-2-11-9(12)7-5-3-4-6-8(7)10/h4,6H,2-3,5H2,1H3,(H,11,12). The van der Waals surface area contributed by atoms with E-state index in [1.54, 1.807) is 6.08 Å². The van der Waals surface area contributed by atoms with Gasteiger partial charge in [0, 0.05) is 6.54 Å². The normalized spacial score (nSPS) is 16.5. The van der Waals surface area contributed by atoms with E-state index in [9.17, 15) is 9.18 Å². The Morgan fingerprint density at radius 2 is 2.50 bits per heavy atom. The second-order valence-corrected chi connectivity index (χ2v) is 2.63. The average molecular weight is 169 g/mol. The van der Waals surface area contributed by atoms with Crippen LogP contribution in [0.15, 0.2) is 23.6 Å². The summed E-state index contributed by atoms with van der Waals surface area (Å²) in [5.74, 6) is -0.674. The summed E-state index contributed by atoms with van der Waals surface area (Å²) in [5.41, 5.74) is 0.277. The van der Waals surface area contributed by atoms with E-state index in [4.69, 9.17) is 0 Å². The number of allylic oxidation sites excluding steroid dienone is 3. The van der Waals surface area contributed by atoms with Crippen molar-refractivity contribution in [1.82, 2.24) is 5.32 Å². The van der Waals surface area contributed by atoms with Crippen LogP contribution in [-0.4, -0.2) is 12.5 Å². The van der Waals surface area contributed by atoms with Crippen LogP contribution < -0.4 is 5.32 Å². The number of halogens is 1. The Morgan fingerprint density at radius 1 is 1.75 bits per heavy atom. The first-order chi connectivity index (χ1) is 5.75. The highest BCUT2D eigenvalue weighted by molar-refractivity contribution is 5.94. The van der Waals surface area contributed by atoms with E-state index in [2.05, 4.69) is 5.32 Å². The van der Waals surface area contributed by atoms with Crippen LogP contribution in [0.25, 0.3) is 0 Å². The fraction of sp³-hybridized carbons (Fsp3) is 0.444. The largest absolute Gasteiger partial charge is 0.353 e. The topological polar surface area (TPSA) is 29.1 Å². The predicted molar refractivity (Wildman–Crippen MR) is 45.2 cm³/mol. The number of carbonyl (C=O) groups excluding carboxylic acids is 1. The van der Waals surface area contributed by atoms with E-state index in [1.165, 1.54) is 6.08 Å². The molecule has 0 aromatic heterocycles. The Kier molecular flexibility index (Phi) is 3.02. The minimum atomic E-state index is -0.396. The van der Waals surface area contributed by atoms with Crippen molar-refractivity contribution in [2.75, 3.05) is 6.54 Å². The molecule has 1 N–H and O–H groups in total. The lowest BCUT2D eigenvalue weighted by atomic mass is 10.0. The SMILES string of the molecule is CCNC(=O)C1=C(F)C=CCC1. The molecule has 0 aliphatic heterocycles. The molecule has 0 radical (unpaired) electrons. The van der Waals surface area contributed by atoms with Crippen molar-refractivity contribution < 1.29 is 9.18 Å². The zero-order valence-corrected chi connectivity index (χ0v) is 7.06. The quantitative estimate of drug-likeness (QED) is 0.669. The molecule has 0 bridgehead atoms. The molecule has 66 valence electrons. The minimum absolute atomic E-state index is 0.277. The van der Waals surface area contributed by atoms with Crippen molar-refractivity contribution >= 4 is 5.91 Å². The molecule has 0 aromatic carbocycles. The van der Waals surface area contributed by atoms with Gasteiger partial charge in [-0.1, -0.05) is 6.08 Å². The summed E-state index contributed by atoms with van der Waals surface area (Å²) >= 11 is 0. The zero-order chi connectivity index (χ0) is 8.97. The van der Waals surface area contributed by atoms with Crippen molar-refractivity contribution in [2.45, 2.75) is 19.8 Å². The van der Waals surface area contributed by atoms with Gasteiger partial charge in [-0.15, -0.1) is 0 Å². The first-order valence-electron chi connectivity index (χ1n) is 4.09. The second kappa shape index (κ2) is 4.04. The average Bonchev–Trinajstić information content (AvgIpc) is 2.05. The highest BCUT2D eigenvalue weighted by Gasteiger charge is 2.14. The summed E-state index contributed by atoms with van der Waals surface area (Å²) in [4.78, 5) is 11.2. The highest BCUT2D eigenvalue weighted by Crippen LogP contribution is 2.19. The van der Waals surface area contributed by atoms with Gasteiger partial charge in [-0.25, -0.2) is 4.39 Å². The van der Waals surface area contributed by atoms with Gasteiger partial charge in [-0.3, -0.25) is 4.79 Å². The van der Waals surface area contributed by atoms with Crippen LogP contribution in [0.5, 0.6) is 0 Å². The van der Waals surface area contributed by atoms with Crippen molar-refractivity contribution in [3.05, 3.63) is 23.6 Å². The van der Waals surface area contributed by atoms with E-state index in [-0.39, 0.29) is 11.5 Å². The molecule has 3 heteroatoms. The van der Waals surface area contributed by atoms with Gasteiger partial charge in [0.25, 0.3) is 0 Å². The number of hydrogen-bond donors (Lipinski definition) is 1. The van der Waals surface area contributed by atoms with Gasteiger partial charge in [0.05, 0.1) is 5.57 Å². The molecule has 1 aliphatic carbocycles. The van der Waals surface area contributed by atoms with Crippen LogP contribution in [0.3, 0.4) is 0 Å². The van der Waals surface area contributed by atoms with Crippen LogP contribution in [0, 0.1) is 0 Å². The molecule has 0 atom stereocenters. The molecule has 12 heavy (non-hydrogen) atoms. The summed E-state index contributed by atoms with van der Waals surface area (Å²) in [6.07, 6.45) is 4.35. The van der Waals surface area contributed by atoms with Gasteiger partial charge in [0.2, 0.25) is 5.91 Å². The van der Waals surface area contributed by atoms with E-state index in [1.807, 2.05) is 6.92 Å². The Labute approximate surface area is 71.2 Å². The van der Waals surface area contributed by atoms with Crippen LogP contribution in [0.4, 0.5) is 4.39 Å². The predicted octanol–water partition coefficient (Wildman–Crippen LogP) is 1.70. The molecule has 1 amide bonds. The fourth-order valence-electron chi connectivity index (χ4n) is 1.12. The lowest BCUT2D eigenvalue weighted by Crippen LogP contribution is -2.25. The maximum absolute atomic E-state index is 13.0. The number of likely N-dealkylation sites (N-methyl/N-ethyl adjacent to an activating group) is 1. The van der Waals surface area contributed by atoms with E-state index in [0.717, 1.165) is 6.42 Å². The van der Waals surface area contributed by atoms with Crippen LogP contribution >= 0.6 is 0 Å². The van der Waals surface area contributed by atoms with Crippen molar-refractivity contribution in [3.8, 4) is 0 Å². The van der Waals surface area contributed by atoms with Gasteiger partial charge in [0.1, 0.15) is 5.83 Å². The van der Waals surface area contributed by atoms with Gasteiger partial charge in [-0.2, -0.15) is 0 Å². The van der Waals surface area contributed by atoms with E-state index < -0.39 is 5.83 Å². The molecule has 0 aromatic rings. The zero-order valence-electron chi connectivity index (χ0n) is 7.06. The molecule has 0 fully saturated rings. The lowest BCUT2D eigenvalue weighted by Gasteiger charge is -2.09. The lowest BCUT2D eigenvalue weighted by molar-refractivity contribution is -0.117. The third-order valence-electron chi connectivity index (χ3n) is 1.72. The molecule has 1 rings (SSSR count). The van der Waals surface area contributed by atoms with Crippen molar-refractivity contribution in [1.29, 1.82) is 0 Å². The Morgan fingerprint density at radius 3 is 3.08 bits per heavy atom. The molecule has 0 unspecified atom stereocenters. The number of nitrogens with one attached hydrogen (secondary N) is 1. The van der Waals surface area contributed by atoms with Gasteiger partial charge in [0.15, 0.2) is 0 Å². The summed E-state index contributed by atoms with van der Waals surface area (Å²) in [6.45, 7) is 2.36. The first kappa shape index (κ1) is 8.97. The summed E-state index contributed by atoms with van der Waals surface area (Å²) in [6, 6.07) is 0. The molecule has 0 heterocycles. The molecule has 0 saturated heterocycles. The summed E-state index contributed by atoms with van der Waals surface area (Å²) in [5, 5.41) is 2.57. The van der Waals surface area contributed by atoms with Crippen molar-refractivity contribution in [3.63, 3.8) is 0 Å². The minimum Gasteiger partial charge on any atom is -0.353 e. The van der Waals surface area contributed by atoms with Gasteiger partial charge >= 0.3 is 0 Å². The molecular weight excluding hydrogens is 157 g/mol. The number of carbonyl (C=O) groups is 1. The van der Waals surface area contributed by atoms with Crippen LogP contribution in [0.2, 0.25) is 0 Å². The monoisotopic (exact) mass is 169 g/mol. The molecular formula is C9H12FNO. The van der Waals surface area contributed by atoms with Crippen LogP contribution in [-0.2, 0) is 4.79 Å². The fourth-order valence-corrected chi connectivity index (χ4v) is 1.12. The molecule has 0 spiro atoms. The van der Waals surface area contributed by atoms with Crippen LogP contribution in [0.1, 0.15) is 19.8 Å². The molecule has 2 nitrogen and oxygen atoms in total. The first-order valence-corrected chi connectivity index (χ1v) is 4.09. The van der Waals surface area contributed by atoms with E-state index >= 15 is 0 Å². The Bertz CT molecular complexity index is 243. The Balaban J connectivity index is 2.71. The summed E-state index contributed by atoms with van der Waals surface area (Å²) in [7, 11) is 0. The van der Waals surface area contributed by atoms with Gasteiger partial charge < -0.3 is 5.32 Å². The molecule has 0 saturated carbocycles. The maximum Gasteiger partial charge on any atom is 0.250 e. The maximum atomic E-state index is 13.0. The third-order valence-corrected chi connectivity index (χ3v) is 1.72. The Hall–Kier alpha value is -1.12. The van der Waals surface area contributed by atoms with Crippen molar-refractivity contribution in [2.24, 2.45) is 0 Å². The number of hydrogen-bond acceptors (Lipinski definition) is 1. The highest BCUT2D eigenvalue weighted by atomic mass is 19.1. The number of rotatable bonds is 2. The number of amides is 1. The third kappa shape index (κ3) is 1.94. The van der Waals surface area contributed by atoms with Gasteiger partial charge in [-0.05, 0) is 25.8 Å². The molecule has 1 aliphatic rings. The summed E-state index contributed by atoms with van der Waals surface area (Å²) < 4.78 is 13.0. The second-order valence-electron chi connectivity index (χ2n) is 2.63.